The van der Waals surface area contributed by atoms with Gasteiger partial charge in [0, 0.05) is 11.6 Å². The number of oxazole rings is 1. The Bertz CT molecular complexity index is 674. The number of aromatic nitrogens is 1. The van der Waals surface area contributed by atoms with Crippen LogP contribution in [-0.2, 0) is 18.0 Å². The van der Waals surface area contributed by atoms with Gasteiger partial charge in [-0.1, -0.05) is 6.07 Å². The highest BCUT2D eigenvalue weighted by molar-refractivity contribution is 6.03. The van der Waals surface area contributed by atoms with Gasteiger partial charge in [0.15, 0.2) is 12.1 Å². The van der Waals surface area contributed by atoms with Crippen LogP contribution in [0.4, 0.5) is 5.69 Å². The van der Waals surface area contributed by atoms with Gasteiger partial charge in [-0.15, -0.1) is 0 Å². The summed E-state index contributed by atoms with van der Waals surface area (Å²) in [6, 6.07) is 5.84. The molecule has 1 aliphatic heterocycles. The van der Waals surface area contributed by atoms with Gasteiger partial charge in [0.1, 0.15) is 5.76 Å². The average Bonchev–Trinajstić information content (AvgIpc) is 3.01. The van der Waals surface area contributed by atoms with Crippen molar-refractivity contribution in [3.05, 3.63) is 47.2 Å². The van der Waals surface area contributed by atoms with Crippen molar-refractivity contribution in [3.63, 3.8) is 0 Å². The number of anilines is 1. The molecule has 1 fully saturated rings. The predicted octanol–water partition coefficient (Wildman–Crippen LogP) is 2.83. The molecule has 1 amide bonds. The van der Waals surface area contributed by atoms with Gasteiger partial charge in [0.2, 0.25) is 0 Å². The molecule has 1 N–H and O–H groups in total. The minimum absolute atomic E-state index is 0.209. The lowest BCUT2D eigenvalue weighted by Crippen LogP contribution is -2.14. The minimum Gasteiger partial charge on any atom is -0.447 e. The molecule has 102 valence electrons. The molecule has 0 atom stereocenters. The van der Waals surface area contributed by atoms with E-state index >= 15 is 0 Å². The topological polar surface area (TPSA) is 64.4 Å². The molecule has 5 nitrogen and oxygen atoms in total. The van der Waals surface area contributed by atoms with Crippen molar-refractivity contribution in [2.24, 2.45) is 0 Å². The molecule has 0 saturated heterocycles. The lowest BCUT2D eigenvalue weighted by Gasteiger charge is -2.06. The van der Waals surface area contributed by atoms with Crippen molar-refractivity contribution in [2.45, 2.75) is 32.0 Å². The van der Waals surface area contributed by atoms with Crippen molar-refractivity contribution in [3.8, 4) is 0 Å². The summed E-state index contributed by atoms with van der Waals surface area (Å²) in [5.41, 5.74) is 3.49. The van der Waals surface area contributed by atoms with E-state index in [0.29, 0.717) is 30.6 Å². The summed E-state index contributed by atoms with van der Waals surface area (Å²) < 4.78 is 10.7. The fourth-order valence-corrected chi connectivity index (χ4v) is 2.50. The molecule has 4 rings (SSSR count). The van der Waals surface area contributed by atoms with E-state index in [1.807, 2.05) is 18.2 Å². The van der Waals surface area contributed by atoms with Crippen LogP contribution in [0.5, 0.6) is 0 Å². The predicted molar refractivity (Wildman–Crippen MR) is 71.4 cm³/mol. The lowest BCUT2D eigenvalue weighted by atomic mass is 10.1. The summed E-state index contributed by atoms with van der Waals surface area (Å²) in [6.45, 7) is 1.26. The molecule has 20 heavy (non-hydrogen) atoms. The highest BCUT2D eigenvalue weighted by Crippen LogP contribution is 2.41. The van der Waals surface area contributed by atoms with Gasteiger partial charge < -0.3 is 14.5 Å². The molecule has 1 aromatic heterocycles. The van der Waals surface area contributed by atoms with Crippen LogP contribution >= 0.6 is 0 Å². The zero-order valence-electron chi connectivity index (χ0n) is 10.9. The first-order chi connectivity index (χ1) is 9.81. The fourth-order valence-electron chi connectivity index (χ4n) is 2.50. The Hall–Kier alpha value is -2.14. The number of fused-ring (bicyclic) bond motifs is 1. The van der Waals surface area contributed by atoms with Crippen molar-refractivity contribution in [2.75, 3.05) is 5.32 Å². The SMILES string of the molecule is O=C(Nc1ccc2c(c1)COC2)c1ncoc1C1CC1. The number of carbonyl (C=O) groups excluding carboxylic acids is 1. The van der Waals surface area contributed by atoms with Crippen LogP contribution in [0, 0.1) is 0 Å². The van der Waals surface area contributed by atoms with Gasteiger partial charge in [-0.25, -0.2) is 4.98 Å². The van der Waals surface area contributed by atoms with E-state index in [0.717, 1.165) is 24.1 Å². The summed E-state index contributed by atoms with van der Waals surface area (Å²) >= 11 is 0. The molecule has 1 saturated carbocycles. The number of carbonyl (C=O) groups is 1. The normalized spacial score (nSPS) is 17.0. The minimum atomic E-state index is -0.209. The molecule has 0 bridgehead atoms. The molecule has 0 radical (unpaired) electrons. The molecule has 1 aromatic carbocycles. The average molecular weight is 270 g/mol. The molecular formula is C15H14N2O3. The van der Waals surface area contributed by atoms with Crippen molar-refractivity contribution >= 4 is 11.6 Å². The first-order valence-electron chi connectivity index (χ1n) is 6.75. The highest BCUT2D eigenvalue weighted by atomic mass is 16.5. The van der Waals surface area contributed by atoms with Crippen LogP contribution in [-0.4, -0.2) is 10.9 Å². The number of ether oxygens (including phenoxy) is 1. The van der Waals surface area contributed by atoms with E-state index in [1.165, 1.54) is 12.0 Å². The first kappa shape index (κ1) is 11.7. The third-order valence-corrected chi connectivity index (χ3v) is 3.74. The van der Waals surface area contributed by atoms with Crippen LogP contribution in [0.1, 0.15) is 46.1 Å². The first-order valence-corrected chi connectivity index (χ1v) is 6.75. The quantitative estimate of drug-likeness (QED) is 0.931. The lowest BCUT2D eigenvalue weighted by molar-refractivity contribution is 0.102. The standard InChI is InChI=1S/C15H14N2O3/c18-15(13-14(9-1-2-9)20-8-16-13)17-12-4-3-10-6-19-7-11(10)5-12/h3-5,8-9H,1-2,6-7H2,(H,17,18). The number of amides is 1. The summed E-state index contributed by atoms with van der Waals surface area (Å²) in [6.07, 6.45) is 3.50. The van der Waals surface area contributed by atoms with Crippen LogP contribution in [0.25, 0.3) is 0 Å². The largest absolute Gasteiger partial charge is 0.447 e. The number of hydrogen-bond donors (Lipinski definition) is 1. The third-order valence-electron chi connectivity index (χ3n) is 3.74. The van der Waals surface area contributed by atoms with Crippen molar-refractivity contribution < 1.29 is 13.9 Å². The maximum atomic E-state index is 12.3. The Morgan fingerprint density at radius 2 is 2.10 bits per heavy atom. The Morgan fingerprint density at radius 1 is 1.25 bits per heavy atom. The van der Waals surface area contributed by atoms with E-state index in [-0.39, 0.29) is 5.91 Å². The van der Waals surface area contributed by atoms with E-state index < -0.39 is 0 Å². The maximum Gasteiger partial charge on any atom is 0.277 e. The Kier molecular flexibility index (Phi) is 2.60. The van der Waals surface area contributed by atoms with Gasteiger partial charge in [0.05, 0.1) is 13.2 Å². The summed E-state index contributed by atoms with van der Waals surface area (Å²) in [7, 11) is 0. The highest BCUT2D eigenvalue weighted by Gasteiger charge is 2.32. The van der Waals surface area contributed by atoms with E-state index in [9.17, 15) is 4.79 Å². The third kappa shape index (κ3) is 2.00. The zero-order chi connectivity index (χ0) is 13.5. The fraction of sp³-hybridized carbons (Fsp3) is 0.333. The summed E-state index contributed by atoms with van der Waals surface area (Å²) in [5.74, 6) is 0.873. The van der Waals surface area contributed by atoms with Crippen LogP contribution < -0.4 is 5.32 Å². The number of hydrogen-bond acceptors (Lipinski definition) is 4. The van der Waals surface area contributed by atoms with E-state index in [4.69, 9.17) is 9.15 Å². The van der Waals surface area contributed by atoms with Gasteiger partial charge in [-0.05, 0) is 36.1 Å². The van der Waals surface area contributed by atoms with Crippen molar-refractivity contribution in [1.82, 2.24) is 4.98 Å². The number of nitrogens with one attached hydrogen (secondary N) is 1. The summed E-state index contributed by atoms with van der Waals surface area (Å²) in [5, 5.41) is 2.88. The van der Waals surface area contributed by atoms with Crippen LogP contribution in [0.2, 0.25) is 0 Å². The Balaban J connectivity index is 1.56. The molecule has 2 heterocycles. The molecule has 2 aliphatic rings. The Labute approximate surface area is 116 Å². The number of benzene rings is 1. The zero-order valence-corrected chi connectivity index (χ0v) is 10.9. The molecule has 0 unspecified atom stereocenters. The number of nitrogens with zero attached hydrogens (tertiary/aromatic N) is 1. The van der Waals surface area contributed by atoms with Crippen LogP contribution in [0.15, 0.2) is 29.0 Å². The second-order valence-electron chi connectivity index (χ2n) is 5.27. The maximum absolute atomic E-state index is 12.3. The Morgan fingerprint density at radius 3 is 2.95 bits per heavy atom. The molecule has 0 spiro atoms. The van der Waals surface area contributed by atoms with Crippen LogP contribution in [0.3, 0.4) is 0 Å². The molecular weight excluding hydrogens is 256 g/mol. The van der Waals surface area contributed by atoms with Gasteiger partial charge in [-0.2, -0.15) is 0 Å². The van der Waals surface area contributed by atoms with Gasteiger partial charge >= 0.3 is 0 Å². The second kappa shape index (κ2) is 4.45. The molecule has 5 heteroatoms. The molecule has 2 aromatic rings. The molecule has 1 aliphatic carbocycles. The summed E-state index contributed by atoms with van der Waals surface area (Å²) in [4.78, 5) is 16.3. The van der Waals surface area contributed by atoms with Gasteiger partial charge in [0.25, 0.3) is 5.91 Å². The monoisotopic (exact) mass is 270 g/mol. The van der Waals surface area contributed by atoms with E-state index in [1.54, 1.807) is 0 Å². The van der Waals surface area contributed by atoms with Gasteiger partial charge in [-0.3, -0.25) is 4.79 Å². The number of rotatable bonds is 3. The van der Waals surface area contributed by atoms with E-state index in [2.05, 4.69) is 10.3 Å². The smallest absolute Gasteiger partial charge is 0.277 e. The second-order valence-corrected chi connectivity index (χ2v) is 5.27. The van der Waals surface area contributed by atoms with Crippen molar-refractivity contribution in [1.29, 1.82) is 0 Å².